The van der Waals surface area contributed by atoms with E-state index in [0.717, 1.165) is 44.7 Å². The first-order valence-corrected chi connectivity index (χ1v) is 8.68. The third-order valence-electron chi connectivity index (χ3n) is 4.79. The van der Waals surface area contributed by atoms with Gasteiger partial charge in [0, 0.05) is 32.7 Å². The molecular formula is C20H24FN3O. The number of nitrogens with two attached hydrogens (primary N) is 1. The second-order valence-electron chi connectivity index (χ2n) is 6.47. The molecule has 2 N–H and O–H groups in total. The molecule has 1 aliphatic rings. The maximum absolute atomic E-state index is 13.1. The minimum absolute atomic E-state index is 0.308. The number of halogens is 1. The molecule has 2 aromatic rings. The lowest BCUT2D eigenvalue weighted by molar-refractivity contribution is -0.124. The van der Waals surface area contributed by atoms with Crippen molar-refractivity contribution < 1.29 is 9.18 Å². The van der Waals surface area contributed by atoms with Crippen molar-refractivity contribution in [1.82, 2.24) is 9.80 Å². The molecule has 1 fully saturated rings. The Labute approximate surface area is 148 Å². The van der Waals surface area contributed by atoms with Crippen molar-refractivity contribution in [2.24, 2.45) is 5.73 Å². The molecule has 1 amide bonds. The summed E-state index contributed by atoms with van der Waals surface area (Å²) in [6.07, 6.45) is 1.03. The van der Waals surface area contributed by atoms with Gasteiger partial charge in [-0.2, -0.15) is 0 Å². The first-order valence-electron chi connectivity index (χ1n) is 8.68. The zero-order valence-corrected chi connectivity index (χ0v) is 14.3. The van der Waals surface area contributed by atoms with Gasteiger partial charge >= 0.3 is 0 Å². The molecule has 132 valence electrons. The molecule has 0 radical (unpaired) electrons. The second-order valence-corrected chi connectivity index (χ2v) is 6.47. The van der Waals surface area contributed by atoms with Crippen LogP contribution in [0.1, 0.15) is 17.2 Å². The van der Waals surface area contributed by atoms with Gasteiger partial charge in [-0.25, -0.2) is 4.39 Å². The highest BCUT2D eigenvalue weighted by Crippen LogP contribution is 2.22. The van der Waals surface area contributed by atoms with Crippen LogP contribution in [0.5, 0.6) is 0 Å². The number of hydrogen-bond donors (Lipinski definition) is 1. The predicted octanol–water partition coefficient (Wildman–Crippen LogP) is 2.21. The Morgan fingerprint density at radius 1 is 1.00 bits per heavy atom. The number of hydrogen-bond acceptors (Lipinski definition) is 3. The molecule has 0 aliphatic carbocycles. The van der Waals surface area contributed by atoms with Crippen LogP contribution in [0, 0.1) is 5.82 Å². The standard InChI is InChI=1S/C20H24FN3O/c21-18-8-6-17(7-9-18)19(20(22)25)24-14-12-23(13-15-24)11-10-16-4-2-1-3-5-16/h1-9,19H,10-15H2,(H2,22,25). The Hall–Kier alpha value is -2.24. The first-order chi connectivity index (χ1) is 12.1. The number of primary amides is 1. The van der Waals surface area contributed by atoms with Crippen molar-refractivity contribution in [3.8, 4) is 0 Å². The van der Waals surface area contributed by atoms with Gasteiger partial charge in [0.2, 0.25) is 5.91 Å². The Bertz CT molecular complexity index is 682. The van der Waals surface area contributed by atoms with Gasteiger partial charge in [0.05, 0.1) is 0 Å². The highest BCUT2D eigenvalue weighted by atomic mass is 19.1. The molecule has 1 atom stereocenters. The number of carbonyl (C=O) groups is 1. The van der Waals surface area contributed by atoms with Crippen LogP contribution >= 0.6 is 0 Å². The van der Waals surface area contributed by atoms with Crippen LogP contribution in [-0.4, -0.2) is 48.4 Å². The van der Waals surface area contributed by atoms with E-state index >= 15 is 0 Å². The maximum atomic E-state index is 13.1. The van der Waals surface area contributed by atoms with Gasteiger partial charge in [-0.1, -0.05) is 42.5 Å². The van der Waals surface area contributed by atoms with Gasteiger partial charge in [0.15, 0.2) is 0 Å². The fourth-order valence-electron chi connectivity index (χ4n) is 3.38. The number of nitrogens with zero attached hydrogens (tertiary/aromatic N) is 2. The summed E-state index contributed by atoms with van der Waals surface area (Å²) in [6, 6.07) is 16.0. The van der Waals surface area contributed by atoms with Crippen LogP contribution in [0.25, 0.3) is 0 Å². The second kappa shape index (κ2) is 8.23. The van der Waals surface area contributed by atoms with Gasteiger partial charge < -0.3 is 10.6 Å². The monoisotopic (exact) mass is 341 g/mol. The zero-order chi connectivity index (χ0) is 17.6. The Balaban J connectivity index is 1.56. The van der Waals surface area contributed by atoms with Gasteiger partial charge in [0.1, 0.15) is 11.9 Å². The van der Waals surface area contributed by atoms with E-state index in [9.17, 15) is 9.18 Å². The Kier molecular flexibility index (Phi) is 5.79. The smallest absolute Gasteiger partial charge is 0.239 e. The molecule has 0 bridgehead atoms. The van der Waals surface area contributed by atoms with Crippen molar-refractivity contribution in [3.63, 3.8) is 0 Å². The van der Waals surface area contributed by atoms with Crippen molar-refractivity contribution in [2.45, 2.75) is 12.5 Å². The molecule has 4 nitrogen and oxygen atoms in total. The van der Waals surface area contributed by atoms with Gasteiger partial charge in [-0.05, 0) is 29.7 Å². The topological polar surface area (TPSA) is 49.6 Å². The number of benzene rings is 2. The minimum atomic E-state index is -0.489. The lowest BCUT2D eigenvalue weighted by Gasteiger charge is -2.38. The summed E-state index contributed by atoms with van der Waals surface area (Å²) in [5.74, 6) is -0.693. The average Bonchev–Trinajstić information content (AvgIpc) is 2.63. The van der Waals surface area contributed by atoms with Crippen LogP contribution in [0.3, 0.4) is 0 Å². The van der Waals surface area contributed by atoms with E-state index < -0.39 is 6.04 Å². The molecule has 5 heteroatoms. The fourth-order valence-corrected chi connectivity index (χ4v) is 3.38. The van der Waals surface area contributed by atoms with E-state index in [1.54, 1.807) is 12.1 Å². The lowest BCUT2D eigenvalue weighted by Crippen LogP contribution is -2.50. The van der Waals surface area contributed by atoms with Crippen LogP contribution < -0.4 is 5.73 Å². The molecule has 1 heterocycles. The van der Waals surface area contributed by atoms with Crippen LogP contribution in [0.4, 0.5) is 4.39 Å². The van der Waals surface area contributed by atoms with Gasteiger partial charge in [-0.3, -0.25) is 9.69 Å². The molecule has 25 heavy (non-hydrogen) atoms. The normalized spacial score (nSPS) is 17.3. The number of carbonyl (C=O) groups excluding carboxylic acids is 1. The van der Waals surface area contributed by atoms with E-state index in [0.29, 0.717) is 0 Å². The summed E-state index contributed by atoms with van der Waals surface area (Å²) in [5.41, 5.74) is 7.71. The third kappa shape index (κ3) is 4.65. The van der Waals surface area contributed by atoms with Crippen molar-refractivity contribution in [1.29, 1.82) is 0 Å². The third-order valence-corrected chi connectivity index (χ3v) is 4.79. The Morgan fingerprint density at radius 2 is 1.64 bits per heavy atom. The first kappa shape index (κ1) is 17.6. The lowest BCUT2D eigenvalue weighted by atomic mass is 10.0. The summed E-state index contributed by atoms with van der Waals surface area (Å²) in [6.45, 7) is 4.37. The summed E-state index contributed by atoms with van der Waals surface area (Å²) in [7, 11) is 0. The molecular weight excluding hydrogens is 317 g/mol. The summed E-state index contributed by atoms with van der Waals surface area (Å²) in [4.78, 5) is 16.5. The SMILES string of the molecule is NC(=O)C(c1ccc(F)cc1)N1CCN(CCc2ccccc2)CC1. The molecule has 0 aromatic heterocycles. The summed E-state index contributed by atoms with van der Waals surface area (Å²) in [5, 5.41) is 0. The van der Waals surface area contributed by atoms with E-state index in [4.69, 9.17) is 5.73 Å². The van der Waals surface area contributed by atoms with Gasteiger partial charge in [-0.15, -0.1) is 0 Å². The number of rotatable bonds is 6. The van der Waals surface area contributed by atoms with Crippen LogP contribution in [-0.2, 0) is 11.2 Å². The van der Waals surface area contributed by atoms with Crippen molar-refractivity contribution in [3.05, 3.63) is 71.5 Å². The molecule has 2 aromatic carbocycles. The van der Waals surface area contributed by atoms with Crippen molar-refractivity contribution >= 4 is 5.91 Å². The summed E-state index contributed by atoms with van der Waals surface area (Å²) < 4.78 is 13.1. The largest absolute Gasteiger partial charge is 0.368 e. The molecule has 3 rings (SSSR count). The minimum Gasteiger partial charge on any atom is -0.368 e. The predicted molar refractivity (Wildman–Crippen MR) is 96.5 cm³/mol. The van der Waals surface area contributed by atoms with Crippen LogP contribution in [0.2, 0.25) is 0 Å². The van der Waals surface area contributed by atoms with Crippen molar-refractivity contribution in [2.75, 3.05) is 32.7 Å². The molecule has 0 saturated carbocycles. The molecule has 1 aliphatic heterocycles. The maximum Gasteiger partial charge on any atom is 0.239 e. The average molecular weight is 341 g/mol. The summed E-state index contributed by atoms with van der Waals surface area (Å²) >= 11 is 0. The van der Waals surface area contributed by atoms with Gasteiger partial charge in [0.25, 0.3) is 0 Å². The quantitative estimate of drug-likeness (QED) is 0.876. The van der Waals surface area contributed by atoms with E-state index in [2.05, 4.69) is 34.1 Å². The van der Waals surface area contributed by atoms with Crippen LogP contribution in [0.15, 0.2) is 54.6 Å². The van der Waals surface area contributed by atoms with E-state index in [1.807, 2.05) is 6.07 Å². The number of piperazine rings is 1. The Morgan fingerprint density at radius 3 is 2.24 bits per heavy atom. The molecule has 1 unspecified atom stereocenters. The molecule has 0 spiro atoms. The molecule has 1 saturated heterocycles. The number of amides is 1. The fraction of sp³-hybridized carbons (Fsp3) is 0.350. The zero-order valence-electron chi connectivity index (χ0n) is 14.3. The highest BCUT2D eigenvalue weighted by molar-refractivity contribution is 5.81. The van der Waals surface area contributed by atoms with E-state index in [1.165, 1.54) is 17.7 Å². The highest BCUT2D eigenvalue weighted by Gasteiger charge is 2.28. The van der Waals surface area contributed by atoms with E-state index in [-0.39, 0.29) is 11.7 Å².